The molecule has 24 heavy (non-hydrogen) atoms. The Morgan fingerprint density at radius 1 is 1.25 bits per heavy atom. The third-order valence-electron chi connectivity index (χ3n) is 4.47. The van der Waals surface area contributed by atoms with Crippen molar-refractivity contribution >= 4 is 29.3 Å². The largest absolute Gasteiger partial charge is 0.497 e. The Bertz CT molecular complexity index is 733. The minimum atomic E-state index is 0.0203. The number of ether oxygens (including phenoxy) is 1. The monoisotopic (exact) mass is 361 g/mol. The van der Waals surface area contributed by atoms with Crippen molar-refractivity contribution in [3.63, 3.8) is 0 Å². The molecule has 5 heteroatoms. The molecule has 1 atom stereocenters. The first kappa shape index (κ1) is 17.2. The average Bonchev–Trinajstić information content (AvgIpc) is 3.12. The average molecular weight is 362 g/mol. The van der Waals surface area contributed by atoms with Gasteiger partial charge < -0.3 is 9.64 Å². The molecule has 1 unspecified atom stereocenters. The molecule has 2 aromatic carbocycles. The molecule has 0 radical (unpaired) electrons. The van der Waals surface area contributed by atoms with Crippen LogP contribution >= 0.6 is 23.4 Å². The summed E-state index contributed by atoms with van der Waals surface area (Å²) in [6.45, 7) is 1.49. The van der Waals surface area contributed by atoms with E-state index < -0.39 is 0 Å². The third-order valence-corrected chi connectivity index (χ3v) is 5.52. The van der Waals surface area contributed by atoms with E-state index in [0.717, 1.165) is 30.2 Å². The van der Waals surface area contributed by atoms with Gasteiger partial charge in [-0.05, 0) is 48.6 Å². The van der Waals surface area contributed by atoms with Crippen LogP contribution in [0.25, 0.3) is 0 Å². The molecule has 1 amide bonds. The van der Waals surface area contributed by atoms with Crippen LogP contribution in [0.3, 0.4) is 0 Å². The Morgan fingerprint density at radius 3 is 2.67 bits per heavy atom. The second-order valence-electron chi connectivity index (χ2n) is 5.86. The summed E-state index contributed by atoms with van der Waals surface area (Å²) in [5, 5.41) is 0.519. The van der Waals surface area contributed by atoms with Crippen LogP contribution in [0.4, 0.5) is 0 Å². The van der Waals surface area contributed by atoms with Crippen LogP contribution in [-0.4, -0.2) is 37.3 Å². The molecule has 0 spiro atoms. The number of nitrogens with zero attached hydrogens (tertiary/aromatic N) is 1. The van der Waals surface area contributed by atoms with Crippen molar-refractivity contribution in [1.29, 1.82) is 0 Å². The van der Waals surface area contributed by atoms with Crippen LogP contribution in [0.5, 0.6) is 5.75 Å². The first-order chi connectivity index (χ1) is 11.6. The van der Waals surface area contributed by atoms with Crippen LogP contribution in [0.15, 0.2) is 47.4 Å². The van der Waals surface area contributed by atoms with Gasteiger partial charge in [-0.1, -0.05) is 23.7 Å². The summed E-state index contributed by atoms with van der Waals surface area (Å²) in [6.07, 6.45) is 2.96. The lowest BCUT2D eigenvalue weighted by molar-refractivity contribution is 0.0790. The number of carbonyl (C=O) groups is 1. The predicted octanol–water partition coefficient (Wildman–Crippen LogP) is 4.70. The molecule has 2 aromatic rings. The molecule has 1 aliphatic heterocycles. The Balaban J connectivity index is 1.74. The molecular formula is C19H20ClNO2S. The van der Waals surface area contributed by atoms with Gasteiger partial charge in [0.25, 0.3) is 5.91 Å². The number of benzene rings is 2. The Hall–Kier alpha value is -1.65. The Morgan fingerprint density at radius 2 is 2.00 bits per heavy atom. The first-order valence-corrected chi connectivity index (χ1v) is 9.49. The van der Waals surface area contributed by atoms with E-state index in [2.05, 4.69) is 12.1 Å². The van der Waals surface area contributed by atoms with E-state index in [1.54, 1.807) is 24.9 Å². The van der Waals surface area contributed by atoms with Crippen LogP contribution < -0.4 is 4.74 Å². The number of likely N-dealkylation sites (tertiary alicyclic amines) is 1. The summed E-state index contributed by atoms with van der Waals surface area (Å²) in [7, 11) is 1.66. The van der Waals surface area contributed by atoms with Gasteiger partial charge in [-0.3, -0.25) is 4.79 Å². The van der Waals surface area contributed by atoms with Gasteiger partial charge in [0, 0.05) is 23.9 Å². The van der Waals surface area contributed by atoms with Gasteiger partial charge in [0.2, 0.25) is 0 Å². The van der Waals surface area contributed by atoms with Gasteiger partial charge in [0.05, 0.1) is 17.7 Å². The number of halogens is 1. The number of hydrogen-bond acceptors (Lipinski definition) is 3. The predicted molar refractivity (Wildman–Crippen MR) is 99.5 cm³/mol. The van der Waals surface area contributed by atoms with Crippen LogP contribution in [0.2, 0.25) is 5.02 Å². The lowest BCUT2D eigenvalue weighted by Crippen LogP contribution is -2.28. The summed E-state index contributed by atoms with van der Waals surface area (Å²) in [4.78, 5) is 15.8. The molecule has 1 saturated heterocycles. The van der Waals surface area contributed by atoms with E-state index >= 15 is 0 Å². The molecule has 0 aliphatic carbocycles. The number of thioether (sulfide) groups is 1. The summed E-state index contributed by atoms with van der Waals surface area (Å²) in [6, 6.07) is 13.7. The number of methoxy groups -OCH3 is 1. The smallest absolute Gasteiger partial charge is 0.255 e. The maximum atomic E-state index is 12.8. The van der Waals surface area contributed by atoms with E-state index in [0.29, 0.717) is 16.5 Å². The van der Waals surface area contributed by atoms with Crippen LogP contribution in [0, 0.1) is 0 Å². The van der Waals surface area contributed by atoms with Crippen molar-refractivity contribution in [2.45, 2.75) is 17.2 Å². The maximum absolute atomic E-state index is 12.8. The number of carbonyl (C=O) groups excluding carboxylic acids is 1. The number of hydrogen-bond donors (Lipinski definition) is 0. The molecule has 0 saturated carbocycles. The zero-order chi connectivity index (χ0) is 17.1. The first-order valence-electron chi connectivity index (χ1n) is 7.89. The van der Waals surface area contributed by atoms with E-state index in [4.69, 9.17) is 16.3 Å². The summed E-state index contributed by atoms with van der Waals surface area (Å²) < 4.78 is 5.20. The van der Waals surface area contributed by atoms with E-state index in [1.165, 1.54) is 5.56 Å². The standard InChI is InChI=1S/C19H20ClNO2S/c1-23-15-5-3-13(4-6-15)14-9-10-21(12-14)19(22)17-11-16(24-2)7-8-18(17)20/h3-8,11,14H,9-10,12H2,1-2H3. The highest BCUT2D eigenvalue weighted by Crippen LogP contribution is 2.31. The zero-order valence-corrected chi connectivity index (χ0v) is 15.4. The van der Waals surface area contributed by atoms with Crippen LogP contribution in [-0.2, 0) is 0 Å². The fourth-order valence-corrected chi connectivity index (χ4v) is 3.70. The molecule has 1 fully saturated rings. The van der Waals surface area contributed by atoms with Gasteiger partial charge in [-0.25, -0.2) is 0 Å². The molecule has 0 aromatic heterocycles. The highest BCUT2D eigenvalue weighted by molar-refractivity contribution is 7.98. The van der Waals surface area contributed by atoms with Gasteiger partial charge >= 0.3 is 0 Å². The third kappa shape index (κ3) is 3.55. The summed E-state index contributed by atoms with van der Waals surface area (Å²) in [5.41, 5.74) is 1.84. The highest BCUT2D eigenvalue weighted by Gasteiger charge is 2.29. The van der Waals surface area contributed by atoms with Crippen molar-refractivity contribution in [3.05, 3.63) is 58.6 Å². The SMILES string of the molecule is COc1ccc(C2CCN(C(=O)c3cc(SC)ccc3Cl)C2)cc1. The summed E-state index contributed by atoms with van der Waals surface area (Å²) >= 11 is 7.85. The van der Waals surface area contributed by atoms with E-state index in [-0.39, 0.29) is 5.91 Å². The second-order valence-corrected chi connectivity index (χ2v) is 7.14. The van der Waals surface area contributed by atoms with Crippen molar-refractivity contribution in [1.82, 2.24) is 4.90 Å². The molecular weight excluding hydrogens is 342 g/mol. The highest BCUT2D eigenvalue weighted by atomic mass is 35.5. The fourth-order valence-electron chi connectivity index (χ4n) is 3.06. The minimum absolute atomic E-state index is 0.0203. The molecule has 126 valence electrons. The Labute approximate surface area is 151 Å². The minimum Gasteiger partial charge on any atom is -0.497 e. The maximum Gasteiger partial charge on any atom is 0.255 e. The lowest BCUT2D eigenvalue weighted by Gasteiger charge is -2.18. The topological polar surface area (TPSA) is 29.5 Å². The number of rotatable bonds is 4. The van der Waals surface area contributed by atoms with Gasteiger partial charge in [0.1, 0.15) is 5.75 Å². The van der Waals surface area contributed by atoms with Crippen molar-refractivity contribution in [2.24, 2.45) is 0 Å². The lowest BCUT2D eigenvalue weighted by atomic mass is 9.98. The van der Waals surface area contributed by atoms with E-state index in [1.807, 2.05) is 35.4 Å². The van der Waals surface area contributed by atoms with Gasteiger partial charge in [-0.2, -0.15) is 0 Å². The van der Waals surface area contributed by atoms with E-state index in [9.17, 15) is 4.79 Å². The second kappa shape index (κ2) is 7.49. The molecule has 1 aliphatic rings. The van der Waals surface area contributed by atoms with Crippen molar-refractivity contribution < 1.29 is 9.53 Å². The molecule has 3 nitrogen and oxygen atoms in total. The zero-order valence-electron chi connectivity index (χ0n) is 13.8. The van der Waals surface area contributed by atoms with Crippen molar-refractivity contribution in [3.8, 4) is 5.75 Å². The molecule has 3 rings (SSSR count). The quantitative estimate of drug-likeness (QED) is 0.739. The molecule has 1 heterocycles. The summed E-state index contributed by atoms with van der Waals surface area (Å²) in [5.74, 6) is 1.24. The van der Waals surface area contributed by atoms with Crippen LogP contribution in [0.1, 0.15) is 28.3 Å². The van der Waals surface area contributed by atoms with Crippen molar-refractivity contribution in [2.75, 3.05) is 26.5 Å². The van der Waals surface area contributed by atoms with Gasteiger partial charge in [-0.15, -0.1) is 11.8 Å². The molecule has 0 N–H and O–H groups in total. The van der Waals surface area contributed by atoms with Gasteiger partial charge in [0.15, 0.2) is 0 Å². The molecule has 0 bridgehead atoms. The Kier molecular flexibility index (Phi) is 5.36. The number of amides is 1. The fraction of sp³-hybridized carbons (Fsp3) is 0.316. The normalized spacial score (nSPS) is 17.1.